The standard InChI is InChI=1S/C26H34F2N4O9P/c1-16(23(35)38-3)30-42(37,41-18-8-5-4-6-9-18)39-15-21-22(34)26(27,28)24(40-21)32-13-11-17(29-25(32)36)14-20(33)19-10-7-12-31(19)2/h4-6,8-9,11,13,16,19,21-22,24,30,34,37H,7,10,12,14-15H2,1-3H3/q+1/t16-,19-,21+,22+,24+,42?/m0/s1. The third-order valence-corrected chi connectivity index (χ3v) is 8.74. The molecule has 16 heteroatoms. The number of likely N-dealkylation sites (tertiary alicyclic amines) is 1. The fourth-order valence-electron chi connectivity index (χ4n) is 4.81. The highest BCUT2D eigenvalue weighted by Crippen LogP contribution is 2.54. The van der Waals surface area contributed by atoms with Gasteiger partial charge in [-0.05, 0) is 51.6 Å². The summed E-state index contributed by atoms with van der Waals surface area (Å²) in [5.74, 6) is -4.71. The lowest BCUT2D eigenvalue weighted by atomic mass is 10.1. The normalized spacial score (nSPS) is 26.0. The van der Waals surface area contributed by atoms with Crippen molar-refractivity contribution in [1.29, 1.82) is 0 Å². The molecular formula is C26H34F2N4O9P+. The molecule has 3 heterocycles. The zero-order valence-electron chi connectivity index (χ0n) is 23.3. The molecule has 1 unspecified atom stereocenters. The first-order valence-electron chi connectivity index (χ1n) is 13.2. The second kappa shape index (κ2) is 13.2. The highest BCUT2D eigenvalue weighted by Gasteiger charge is 2.61. The van der Waals surface area contributed by atoms with E-state index in [-0.39, 0.29) is 29.7 Å². The molecule has 1 aromatic carbocycles. The summed E-state index contributed by atoms with van der Waals surface area (Å²) < 4.78 is 51.8. The summed E-state index contributed by atoms with van der Waals surface area (Å²) in [6, 6.07) is 7.77. The first kappa shape index (κ1) is 32.0. The van der Waals surface area contributed by atoms with E-state index in [0.717, 1.165) is 26.3 Å². The Labute approximate surface area is 241 Å². The second-order valence-corrected chi connectivity index (χ2v) is 11.9. The molecule has 0 saturated carbocycles. The minimum Gasteiger partial charge on any atom is -0.468 e. The van der Waals surface area contributed by atoms with Crippen LogP contribution in [0.5, 0.6) is 5.75 Å². The molecule has 42 heavy (non-hydrogen) atoms. The number of aromatic nitrogens is 2. The van der Waals surface area contributed by atoms with E-state index in [9.17, 15) is 24.4 Å². The number of carbonyl (C=O) groups excluding carboxylic acids is 2. The smallest absolute Gasteiger partial charge is 0.468 e. The molecule has 13 nitrogen and oxygen atoms in total. The van der Waals surface area contributed by atoms with Gasteiger partial charge in [0.25, 0.3) is 0 Å². The number of likely N-dealkylation sites (N-methyl/N-ethyl adjacent to an activating group) is 1. The maximum absolute atomic E-state index is 15.2. The van der Waals surface area contributed by atoms with Crippen LogP contribution in [0, 0.1) is 0 Å². The van der Waals surface area contributed by atoms with Gasteiger partial charge in [-0.1, -0.05) is 23.3 Å². The number of hydrogen-bond donors (Lipinski definition) is 3. The van der Waals surface area contributed by atoms with Crippen LogP contribution in [-0.2, 0) is 30.0 Å². The number of rotatable bonds is 12. The summed E-state index contributed by atoms with van der Waals surface area (Å²) in [6.07, 6.45) is -3.95. The molecule has 0 amide bonds. The van der Waals surface area contributed by atoms with Crippen molar-refractivity contribution in [2.45, 2.75) is 62.6 Å². The SMILES string of the molecule is COC(=O)[C@H](C)N[P+](O)(OC[C@H]1O[C@@H](n2ccc(CC(=O)[C@@H]3CCCN3C)nc2=O)C(F)(F)[C@@H]1O)Oc1ccccc1. The van der Waals surface area contributed by atoms with E-state index in [0.29, 0.717) is 11.0 Å². The van der Waals surface area contributed by atoms with Crippen molar-refractivity contribution in [2.75, 3.05) is 27.3 Å². The number of methoxy groups -OCH3 is 1. The van der Waals surface area contributed by atoms with Crippen molar-refractivity contribution in [1.82, 2.24) is 19.5 Å². The number of aliphatic hydroxyl groups excluding tert-OH is 1. The number of benzene rings is 1. The first-order chi connectivity index (χ1) is 19.8. The topological polar surface area (TPSA) is 162 Å². The van der Waals surface area contributed by atoms with Gasteiger partial charge in [0.05, 0.1) is 25.3 Å². The number of para-hydroxylation sites is 1. The van der Waals surface area contributed by atoms with Crippen molar-refractivity contribution in [3.05, 3.63) is 58.8 Å². The van der Waals surface area contributed by atoms with Gasteiger partial charge in [-0.3, -0.25) is 23.6 Å². The van der Waals surface area contributed by atoms with E-state index in [2.05, 4.69) is 14.8 Å². The Hall–Kier alpha value is -2.91. The van der Waals surface area contributed by atoms with Crippen LogP contribution in [0.15, 0.2) is 47.4 Å². The maximum atomic E-state index is 15.2. The zero-order chi connectivity index (χ0) is 30.7. The molecular weight excluding hydrogens is 581 g/mol. The van der Waals surface area contributed by atoms with Crippen LogP contribution < -0.4 is 15.3 Å². The lowest BCUT2D eigenvalue weighted by molar-refractivity contribution is -0.142. The molecule has 6 atom stereocenters. The van der Waals surface area contributed by atoms with Crippen LogP contribution in [0.25, 0.3) is 0 Å². The lowest BCUT2D eigenvalue weighted by Crippen LogP contribution is -2.42. The van der Waals surface area contributed by atoms with Crippen LogP contribution in [0.1, 0.15) is 31.7 Å². The minimum atomic E-state index is -4.17. The molecule has 0 spiro atoms. The first-order valence-corrected chi connectivity index (χ1v) is 14.8. The van der Waals surface area contributed by atoms with Crippen molar-refractivity contribution in [3.63, 3.8) is 0 Å². The predicted molar refractivity (Wildman–Crippen MR) is 144 cm³/mol. The summed E-state index contributed by atoms with van der Waals surface area (Å²) in [6.45, 7) is 1.34. The average molecular weight is 616 g/mol. The molecule has 0 bridgehead atoms. The van der Waals surface area contributed by atoms with Crippen LogP contribution in [0.4, 0.5) is 8.78 Å². The Morgan fingerprint density at radius 2 is 2.00 bits per heavy atom. The monoisotopic (exact) mass is 615 g/mol. The minimum absolute atomic E-state index is 0.126. The number of ketones is 1. The summed E-state index contributed by atoms with van der Waals surface area (Å²) in [5, 5.41) is 12.9. The van der Waals surface area contributed by atoms with Gasteiger partial charge < -0.3 is 14.6 Å². The number of nitrogens with zero attached hydrogens (tertiary/aromatic N) is 3. The lowest BCUT2D eigenvalue weighted by Gasteiger charge is -2.22. The molecule has 2 aliphatic heterocycles. The van der Waals surface area contributed by atoms with Crippen molar-refractivity contribution in [2.24, 2.45) is 0 Å². The number of hydrogen-bond acceptors (Lipinski definition) is 12. The highest BCUT2D eigenvalue weighted by atomic mass is 31.2. The average Bonchev–Trinajstić information content (AvgIpc) is 3.47. The van der Waals surface area contributed by atoms with Gasteiger partial charge in [0.1, 0.15) is 18.8 Å². The molecule has 2 saturated heterocycles. The van der Waals surface area contributed by atoms with Gasteiger partial charge in [-0.15, -0.1) is 0 Å². The van der Waals surface area contributed by atoms with Crippen LogP contribution >= 0.6 is 8.09 Å². The fraction of sp³-hybridized carbons (Fsp3) is 0.538. The summed E-state index contributed by atoms with van der Waals surface area (Å²) in [4.78, 5) is 54.1. The number of Topliss-reactive ketones (excluding diaryl/α,β-unsaturated/α-hetero) is 1. The summed E-state index contributed by atoms with van der Waals surface area (Å²) in [7, 11) is -1.21. The molecule has 3 N–H and O–H groups in total. The largest absolute Gasteiger partial charge is 0.544 e. The van der Waals surface area contributed by atoms with E-state index in [4.69, 9.17) is 13.8 Å². The van der Waals surface area contributed by atoms with E-state index in [1.807, 2.05) is 11.9 Å². The third-order valence-electron chi connectivity index (χ3n) is 7.06. The molecule has 4 rings (SSSR count). The Morgan fingerprint density at radius 1 is 1.29 bits per heavy atom. The van der Waals surface area contributed by atoms with Gasteiger partial charge in [-0.2, -0.15) is 23.2 Å². The van der Waals surface area contributed by atoms with Gasteiger partial charge >= 0.3 is 25.7 Å². The van der Waals surface area contributed by atoms with Crippen LogP contribution in [0.3, 0.4) is 0 Å². The molecule has 230 valence electrons. The van der Waals surface area contributed by atoms with Crippen LogP contribution in [0.2, 0.25) is 0 Å². The van der Waals surface area contributed by atoms with Gasteiger partial charge in [0.2, 0.25) is 6.23 Å². The molecule has 1 aromatic heterocycles. The Bertz CT molecular complexity index is 1320. The Balaban J connectivity index is 1.47. The molecule has 0 aliphatic carbocycles. The number of carbonyl (C=O) groups is 2. The van der Waals surface area contributed by atoms with E-state index < -0.39 is 56.8 Å². The fourth-order valence-corrected chi connectivity index (χ4v) is 6.34. The molecule has 0 radical (unpaired) electrons. The molecule has 2 aromatic rings. The maximum Gasteiger partial charge on any atom is 0.544 e. The number of alkyl halides is 2. The quantitative estimate of drug-likeness (QED) is 0.232. The van der Waals surface area contributed by atoms with Crippen molar-refractivity contribution < 1.29 is 46.9 Å². The van der Waals surface area contributed by atoms with Gasteiger partial charge in [0.15, 0.2) is 17.6 Å². The zero-order valence-corrected chi connectivity index (χ0v) is 24.2. The molecule has 2 fully saturated rings. The summed E-state index contributed by atoms with van der Waals surface area (Å²) in [5.41, 5.74) is -0.967. The van der Waals surface area contributed by atoms with Crippen molar-refractivity contribution in [3.8, 4) is 5.75 Å². The molecule has 2 aliphatic rings. The predicted octanol–water partition coefficient (Wildman–Crippen LogP) is 1.26. The number of halogens is 2. The van der Waals surface area contributed by atoms with Crippen LogP contribution in [-0.4, -0.2) is 93.7 Å². The highest BCUT2D eigenvalue weighted by molar-refractivity contribution is 7.58. The number of aliphatic hydroxyl groups is 1. The Kier molecular flexibility index (Phi) is 10.0. The number of esters is 1. The Morgan fingerprint density at radius 3 is 2.62 bits per heavy atom. The summed E-state index contributed by atoms with van der Waals surface area (Å²) >= 11 is 0. The van der Waals surface area contributed by atoms with Gasteiger partial charge in [0, 0.05) is 6.20 Å². The number of nitrogens with one attached hydrogen (secondary N) is 1. The van der Waals surface area contributed by atoms with E-state index in [1.165, 1.54) is 25.1 Å². The second-order valence-electron chi connectivity index (χ2n) is 10.1. The van der Waals surface area contributed by atoms with Crippen molar-refractivity contribution >= 4 is 19.8 Å². The van der Waals surface area contributed by atoms with E-state index in [1.54, 1.807) is 18.2 Å². The third kappa shape index (κ3) is 7.17. The van der Waals surface area contributed by atoms with E-state index >= 15 is 8.78 Å². The van der Waals surface area contributed by atoms with Gasteiger partial charge in [-0.25, -0.2) is 4.79 Å². The number of ether oxygens (including phenoxy) is 2.